The minimum atomic E-state index is -3.89. The number of rotatable bonds is 1. The van der Waals surface area contributed by atoms with Crippen LogP contribution in [-0.2, 0) is 9.05 Å². The predicted molar refractivity (Wildman–Crippen MR) is 56.0 cm³/mol. The molecule has 5 nitrogen and oxygen atoms in total. The summed E-state index contributed by atoms with van der Waals surface area (Å²) in [7, 11) is 1.30. The molecule has 0 aliphatic rings. The van der Waals surface area contributed by atoms with E-state index in [1.807, 2.05) is 0 Å². The molecule has 2 heterocycles. The van der Waals surface area contributed by atoms with E-state index in [0.29, 0.717) is 0 Å². The summed E-state index contributed by atoms with van der Waals surface area (Å²) >= 11 is 11.3. The first kappa shape index (κ1) is 10.9. The minimum Gasteiger partial charge on any atom is -0.284 e. The molecule has 0 saturated carbocycles. The van der Waals surface area contributed by atoms with Gasteiger partial charge in [0.15, 0.2) is 15.8 Å². The monoisotopic (exact) mass is 285 g/mol. The van der Waals surface area contributed by atoms with Gasteiger partial charge in [0.1, 0.15) is 5.15 Å². The largest absolute Gasteiger partial charge is 0.284 e. The Morgan fingerprint density at radius 1 is 1.33 bits per heavy atom. The van der Waals surface area contributed by atoms with Crippen LogP contribution >= 0.6 is 33.9 Å². The van der Waals surface area contributed by atoms with Gasteiger partial charge in [0.05, 0.1) is 6.20 Å². The van der Waals surface area contributed by atoms with E-state index in [0.717, 1.165) is 6.20 Å². The fourth-order valence-electron chi connectivity index (χ4n) is 1.08. The van der Waals surface area contributed by atoms with Crippen molar-refractivity contribution >= 4 is 48.6 Å². The van der Waals surface area contributed by atoms with Crippen LogP contribution in [-0.4, -0.2) is 22.8 Å². The van der Waals surface area contributed by atoms with Crippen LogP contribution < -0.4 is 0 Å². The molecule has 2 aromatic rings. The van der Waals surface area contributed by atoms with Gasteiger partial charge in [-0.05, 0) is 0 Å². The molecule has 2 aromatic heterocycles. The van der Waals surface area contributed by atoms with E-state index in [4.69, 9.17) is 33.9 Å². The summed E-state index contributed by atoms with van der Waals surface area (Å²) in [6.45, 7) is 0. The first-order chi connectivity index (χ1) is 6.89. The van der Waals surface area contributed by atoms with Crippen molar-refractivity contribution in [2.45, 2.75) is 5.03 Å². The van der Waals surface area contributed by atoms with Gasteiger partial charge in [-0.15, -0.1) is 0 Å². The van der Waals surface area contributed by atoms with Crippen LogP contribution in [0.1, 0.15) is 0 Å². The number of aromatic nitrogens is 3. The minimum absolute atomic E-state index is 0.00840. The lowest BCUT2D eigenvalue weighted by molar-refractivity contribution is 0.605. The molecule has 0 saturated heterocycles. The van der Waals surface area contributed by atoms with E-state index < -0.39 is 9.05 Å². The Kier molecular flexibility index (Phi) is 2.54. The standard InChI is InChI=1S/C6H2Cl3N3O2S/c7-3-2-12-4(15(9,13)14)1-10-6(12)5(8)11-3/h1-2H. The van der Waals surface area contributed by atoms with E-state index in [1.54, 1.807) is 0 Å². The summed E-state index contributed by atoms with van der Waals surface area (Å²) in [5.74, 6) is 0. The Balaban J connectivity index is 2.92. The Hall–Kier alpha value is -0.560. The van der Waals surface area contributed by atoms with Crippen molar-refractivity contribution < 1.29 is 8.42 Å². The van der Waals surface area contributed by atoms with Crippen LogP contribution in [0, 0.1) is 0 Å². The lowest BCUT2D eigenvalue weighted by Gasteiger charge is -1.99. The van der Waals surface area contributed by atoms with Gasteiger partial charge < -0.3 is 0 Å². The van der Waals surface area contributed by atoms with E-state index in [2.05, 4.69) is 9.97 Å². The van der Waals surface area contributed by atoms with Crippen LogP contribution in [0.15, 0.2) is 17.4 Å². The highest BCUT2D eigenvalue weighted by atomic mass is 35.7. The first-order valence-corrected chi connectivity index (χ1v) is 6.60. The molecule has 2 rings (SSSR count). The Morgan fingerprint density at radius 2 is 2.00 bits per heavy atom. The molecular weight excluding hydrogens is 285 g/mol. The number of fused-ring (bicyclic) bond motifs is 1. The number of hydrogen-bond acceptors (Lipinski definition) is 4. The van der Waals surface area contributed by atoms with Crippen LogP contribution in [0.5, 0.6) is 0 Å². The fourth-order valence-corrected chi connectivity index (χ4v) is 2.43. The second kappa shape index (κ2) is 3.48. The van der Waals surface area contributed by atoms with Crippen molar-refractivity contribution in [3.05, 3.63) is 22.7 Å². The molecule has 0 aromatic carbocycles. The molecule has 9 heteroatoms. The molecular formula is C6H2Cl3N3O2S. The Morgan fingerprint density at radius 3 is 2.60 bits per heavy atom. The molecule has 0 radical (unpaired) electrons. The van der Waals surface area contributed by atoms with Gasteiger partial charge in [-0.1, -0.05) is 23.2 Å². The Labute approximate surface area is 99.0 Å². The maximum Gasteiger partial charge on any atom is 0.278 e. The zero-order chi connectivity index (χ0) is 11.2. The highest BCUT2D eigenvalue weighted by molar-refractivity contribution is 8.13. The molecule has 0 aliphatic heterocycles. The normalized spacial score (nSPS) is 12.2. The number of imidazole rings is 1. The SMILES string of the molecule is O=S(=O)(Cl)c1cnc2c(Cl)nc(Cl)cn12. The molecule has 0 fully saturated rings. The van der Waals surface area contributed by atoms with Crippen LogP contribution in [0.4, 0.5) is 0 Å². The van der Waals surface area contributed by atoms with Gasteiger partial charge in [0, 0.05) is 16.9 Å². The van der Waals surface area contributed by atoms with Gasteiger partial charge in [-0.25, -0.2) is 18.4 Å². The van der Waals surface area contributed by atoms with Crippen molar-refractivity contribution in [2.24, 2.45) is 0 Å². The number of halogens is 3. The van der Waals surface area contributed by atoms with Gasteiger partial charge in [-0.3, -0.25) is 4.40 Å². The summed E-state index contributed by atoms with van der Waals surface area (Å²) in [4.78, 5) is 7.48. The summed E-state index contributed by atoms with van der Waals surface area (Å²) in [6, 6.07) is 0. The third-order valence-electron chi connectivity index (χ3n) is 1.64. The first-order valence-electron chi connectivity index (χ1n) is 3.53. The molecule has 0 unspecified atom stereocenters. The van der Waals surface area contributed by atoms with E-state index in [1.165, 1.54) is 10.6 Å². The van der Waals surface area contributed by atoms with Crippen LogP contribution in [0.3, 0.4) is 0 Å². The molecule has 0 atom stereocenters. The molecule has 80 valence electrons. The van der Waals surface area contributed by atoms with Crippen molar-refractivity contribution in [2.75, 3.05) is 0 Å². The number of hydrogen-bond donors (Lipinski definition) is 0. The Bertz CT molecular complexity index is 636. The van der Waals surface area contributed by atoms with Crippen molar-refractivity contribution in [3.8, 4) is 0 Å². The van der Waals surface area contributed by atoms with Gasteiger partial charge in [0.25, 0.3) is 9.05 Å². The second-order valence-corrected chi connectivity index (χ2v) is 5.84. The average molecular weight is 287 g/mol. The quantitative estimate of drug-likeness (QED) is 0.752. The summed E-state index contributed by atoms with van der Waals surface area (Å²) in [6.07, 6.45) is 2.35. The maximum absolute atomic E-state index is 11.1. The topological polar surface area (TPSA) is 64.3 Å². The molecule has 0 bridgehead atoms. The summed E-state index contributed by atoms with van der Waals surface area (Å²) in [5, 5.41) is -0.147. The highest BCUT2D eigenvalue weighted by Crippen LogP contribution is 2.22. The van der Waals surface area contributed by atoms with Crippen molar-refractivity contribution in [3.63, 3.8) is 0 Å². The highest BCUT2D eigenvalue weighted by Gasteiger charge is 2.18. The smallest absolute Gasteiger partial charge is 0.278 e. The lowest BCUT2D eigenvalue weighted by atomic mass is 10.7. The maximum atomic E-state index is 11.1. The van der Waals surface area contributed by atoms with Gasteiger partial charge in [0.2, 0.25) is 0 Å². The zero-order valence-corrected chi connectivity index (χ0v) is 9.94. The zero-order valence-electron chi connectivity index (χ0n) is 6.85. The average Bonchev–Trinajstić information content (AvgIpc) is 2.45. The van der Waals surface area contributed by atoms with Crippen LogP contribution in [0.2, 0.25) is 10.3 Å². The predicted octanol–water partition coefficient (Wildman–Crippen LogP) is 1.96. The number of nitrogens with zero attached hydrogens (tertiary/aromatic N) is 3. The molecule has 0 amide bonds. The molecule has 0 aliphatic carbocycles. The van der Waals surface area contributed by atoms with E-state index in [9.17, 15) is 8.42 Å². The van der Waals surface area contributed by atoms with Crippen molar-refractivity contribution in [1.29, 1.82) is 0 Å². The van der Waals surface area contributed by atoms with Gasteiger partial charge in [-0.2, -0.15) is 0 Å². The third-order valence-corrected chi connectivity index (χ3v) is 3.35. The van der Waals surface area contributed by atoms with Crippen molar-refractivity contribution in [1.82, 2.24) is 14.4 Å². The summed E-state index contributed by atoms with van der Waals surface area (Å²) < 4.78 is 23.4. The van der Waals surface area contributed by atoms with Gasteiger partial charge >= 0.3 is 0 Å². The molecule has 15 heavy (non-hydrogen) atoms. The fraction of sp³-hybridized carbons (Fsp3) is 0. The van der Waals surface area contributed by atoms with Crippen LogP contribution in [0.25, 0.3) is 5.65 Å². The van der Waals surface area contributed by atoms with E-state index >= 15 is 0 Å². The summed E-state index contributed by atoms with van der Waals surface area (Å²) in [5.41, 5.74) is 0.181. The lowest BCUT2D eigenvalue weighted by Crippen LogP contribution is -1.98. The van der Waals surface area contributed by atoms with E-state index in [-0.39, 0.29) is 21.0 Å². The molecule has 0 N–H and O–H groups in total. The molecule has 0 spiro atoms. The second-order valence-electron chi connectivity index (χ2n) is 2.58. The third kappa shape index (κ3) is 1.90.